The number of hydrogen-bond acceptors (Lipinski definition) is 5. The number of carbonyl (C=O) groups is 3. The molecule has 2 amide bonds. The predicted octanol–water partition coefficient (Wildman–Crippen LogP) is 4.09. The zero-order valence-corrected chi connectivity index (χ0v) is 19.5. The van der Waals surface area contributed by atoms with Crippen LogP contribution in [-0.4, -0.2) is 48.9 Å². The van der Waals surface area contributed by atoms with Crippen LogP contribution in [0.3, 0.4) is 0 Å². The van der Waals surface area contributed by atoms with Crippen molar-refractivity contribution < 1.29 is 23.9 Å². The Labute approximate surface area is 199 Å². The van der Waals surface area contributed by atoms with Gasteiger partial charge in [-0.15, -0.1) is 0 Å². The molecular weight excluding hydrogens is 444 g/mol. The second-order valence-corrected chi connectivity index (χ2v) is 8.45. The number of nitrogens with zero attached hydrogens (tertiary/aromatic N) is 1. The number of benzene rings is 2. The van der Waals surface area contributed by atoms with Crippen molar-refractivity contribution in [3.63, 3.8) is 0 Å². The maximum atomic E-state index is 12.8. The highest BCUT2D eigenvalue weighted by Crippen LogP contribution is 2.23. The lowest BCUT2D eigenvalue weighted by Crippen LogP contribution is -2.41. The molecule has 7 nitrogen and oxygen atoms in total. The van der Waals surface area contributed by atoms with E-state index < -0.39 is 5.97 Å². The van der Waals surface area contributed by atoms with Crippen LogP contribution in [0.2, 0.25) is 5.02 Å². The second kappa shape index (κ2) is 12.3. The van der Waals surface area contributed by atoms with E-state index in [-0.39, 0.29) is 11.8 Å². The summed E-state index contributed by atoms with van der Waals surface area (Å²) >= 11 is 6.04. The van der Waals surface area contributed by atoms with Crippen LogP contribution in [0.1, 0.15) is 43.0 Å². The number of nitrogens with one attached hydrogen (secondary N) is 1. The Bertz CT molecular complexity index is 973. The quantitative estimate of drug-likeness (QED) is 0.337. The van der Waals surface area contributed by atoms with Gasteiger partial charge >= 0.3 is 5.97 Å². The maximum Gasteiger partial charge on any atom is 0.308 e. The van der Waals surface area contributed by atoms with Crippen LogP contribution in [0.4, 0.5) is 0 Å². The van der Waals surface area contributed by atoms with E-state index in [1.807, 2.05) is 12.1 Å². The molecule has 1 saturated heterocycles. The summed E-state index contributed by atoms with van der Waals surface area (Å²) in [5.41, 5.74) is 0.500. The number of para-hydroxylation sites is 1. The fraction of sp³-hybridized carbons (Fsp3) is 0.400. The third-order valence-electron chi connectivity index (χ3n) is 5.47. The number of ether oxygens (including phenoxy) is 2. The van der Waals surface area contributed by atoms with E-state index >= 15 is 0 Å². The zero-order chi connectivity index (χ0) is 23.6. The second-order valence-electron chi connectivity index (χ2n) is 8.04. The number of rotatable bonds is 9. The number of esters is 1. The van der Waals surface area contributed by atoms with Gasteiger partial charge in [0, 0.05) is 38.5 Å². The molecule has 0 aliphatic carbocycles. The fourth-order valence-corrected chi connectivity index (χ4v) is 3.89. The average Bonchev–Trinajstić information content (AvgIpc) is 2.81. The van der Waals surface area contributed by atoms with Gasteiger partial charge in [-0.1, -0.05) is 29.8 Å². The number of carbonyl (C=O) groups excluding carboxylic acids is 3. The Kier molecular flexibility index (Phi) is 9.13. The van der Waals surface area contributed by atoms with E-state index in [9.17, 15) is 14.4 Å². The first-order valence-corrected chi connectivity index (χ1v) is 11.5. The molecule has 1 N–H and O–H groups in total. The van der Waals surface area contributed by atoms with Crippen LogP contribution in [0.25, 0.3) is 0 Å². The van der Waals surface area contributed by atoms with Crippen molar-refractivity contribution in [3.8, 4) is 11.5 Å². The first-order chi connectivity index (χ1) is 15.9. The van der Waals surface area contributed by atoms with Crippen molar-refractivity contribution in [2.75, 3.05) is 26.2 Å². The Morgan fingerprint density at radius 1 is 1.09 bits per heavy atom. The average molecular weight is 473 g/mol. The number of piperidine rings is 1. The summed E-state index contributed by atoms with van der Waals surface area (Å²) < 4.78 is 10.7. The third kappa shape index (κ3) is 7.79. The van der Waals surface area contributed by atoms with Crippen LogP contribution < -0.4 is 14.8 Å². The van der Waals surface area contributed by atoms with Crippen molar-refractivity contribution in [3.05, 3.63) is 59.1 Å². The van der Waals surface area contributed by atoms with E-state index in [1.165, 1.54) is 6.92 Å². The summed E-state index contributed by atoms with van der Waals surface area (Å²) in [5.74, 6) is 0.825. The normalized spacial score (nSPS) is 13.9. The molecular formula is C25H29ClN2O5. The first kappa shape index (κ1) is 24.6. The molecule has 33 heavy (non-hydrogen) atoms. The van der Waals surface area contributed by atoms with Crippen LogP contribution in [-0.2, 0) is 9.59 Å². The van der Waals surface area contributed by atoms with Crippen molar-refractivity contribution in [2.24, 2.45) is 5.92 Å². The van der Waals surface area contributed by atoms with E-state index in [4.69, 9.17) is 21.1 Å². The van der Waals surface area contributed by atoms with Crippen LogP contribution in [0.15, 0.2) is 48.5 Å². The topological polar surface area (TPSA) is 84.9 Å². The lowest BCUT2D eigenvalue weighted by atomic mass is 9.96. The minimum absolute atomic E-state index is 0.00134. The lowest BCUT2D eigenvalue weighted by Gasteiger charge is -2.32. The van der Waals surface area contributed by atoms with Gasteiger partial charge in [-0.25, -0.2) is 0 Å². The van der Waals surface area contributed by atoms with E-state index in [0.29, 0.717) is 67.1 Å². The van der Waals surface area contributed by atoms with E-state index in [0.717, 1.165) is 12.8 Å². The van der Waals surface area contributed by atoms with Crippen molar-refractivity contribution >= 4 is 29.4 Å². The Morgan fingerprint density at radius 3 is 2.58 bits per heavy atom. The molecule has 0 radical (unpaired) electrons. The molecule has 2 aromatic carbocycles. The van der Waals surface area contributed by atoms with Crippen LogP contribution in [0, 0.1) is 5.92 Å². The summed E-state index contributed by atoms with van der Waals surface area (Å²) in [7, 11) is 0. The minimum atomic E-state index is -0.421. The van der Waals surface area contributed by atoms with Gasteiger partial charge in [-0.3, -0.25) is 14.4 Å². The van der Waals surface area contributed by atoms with Gasteiger partial charge < -0.3 is 19.7 Å². The number of halogens is 1. The molecule has 176 valence electrons. The lowest BCUT2D eigenvalue weighted by molar-refractivity contribution is -0.131. The molecule has 1 heterocycles. The van der Waals surface area contributed by atoms with Crippen molar-refractivity contribution in [1.82, 2.24) is 10.2 Å². The first-order valence-electron chi connectivity index (χ1n) is 11.1. The highest BCUT2D eigenvalue weighted by atomic mass is 35.5. The van der Waals surface area contributed by atoms with E-state index in [2.05, 4.69) is 5.32 Å². The van der Waals surface area contributed by atoms with Crippen molar-refractivity contribution in [2.45, 2.75) is 32.6 Å². The molecule has 0 unspecified atom stereocenters. The molecule has 2 aromatic rings. The molecule has 1 aliphatic heterocycles. The Balaban J connectivity index is 1.34. The number of amides is 2. The van der Waals surface area contributed by atoms with Gasteiger partial charge in [-0.2, -0.15) is 0 Å². The summed E-state index contributed by atoms with van der Waals surface area (Å²) in [6, 6.07) is 13.9. The van der Waals surface area contributed by atoms with Crippen LogP contribution in [0.5, 0.6) is 11.5 Å². The summed E-state index contributed by atoms with van der Waals surface area (Å²) in [6.07, 6.45) is 2.65. The molecule has 1 aliphatic rings. The fourth-order valence-electron chi connectivity index (χ4n) is 3.70. The predicted molar refractivity (Wildman–Crippen MR) is 126 cm³/mol. The summed E-state index contributed by atoms with van der Waals surface area (Å²) in [4.78, 5) is 37.8. The van der Waals surface area contributed by atoms with Gasteiger partial charge in [0.2, 0.25) is 5.91 Å². The largest absolute Gasteiger partial charge is 0.492 e. The van der Waals surface area contributed by atoms with Gasteiger partial charge in [0.1, 0.15) is 11.5 Å². The number of likely N-dealkylation sites (tertiary alicyclic amines) is 1. The standard InChI is InChI=1S/C25H29ClN2O5/c1-18(29)33-21-7-4-6-20(16-21)25(31)28-13-11-19(12-14-28)17-27-24(30)10-5-15-32-23-9-3-2-8-22(23)26/h2-4,6-9,16,19H,5,10-15,17H2,1H3,(H,27,30). The van der Waals surface area contributed by atoms with Crippen LogP contribution >= 0.6 is 11.6 Å². The summed E-state index contributed by atoms with van der Waals surface area (Å²) in [6.45, 7) is 3.61. The minimum Gasteiger partial charge on any atom is -0.492 e. The van der Waals surface area contributed by atoms with Gasteiger partial charge in [0.05, 0.1) is 11.6 Å². The van der Waals surface area contributed by atoms with Crippen molar-refractivity contribution in [1.29, 1.82) is 0 Å². The molecule has 0 atom stereocenters. The molecule has 8 heteroatoms. The zero-order valence-electron chi connectivity index (χ0n) is 18.7. The molecule has 3 rings (SSSR count). The smallest absolute Gasteiger partial charge is 0.308 e. The Morgan fingerprint density at radius 2 is 1.85 bits per heavy atom. The molecule has 0 saturated carbocycles. The van der Waals surface area contributed by atoms with Gasteiger partial charge in [-0.05, 0) is 55.5 Å². The highest BCUT2D eigenvalue weighted by molar-refractivity contribution is 6.32. The third-order valence-corrected chi connectivity index (χ3v) is 5.79. The number of hydrogen-bond donors (Lipinski definition) is 1. The maximum absolute atomic E-state index is 12.8. The monoisotopic (exact) mass is 472 g/mol. The van der Waals surface area contributed by atoms with E-state index in [1.54, 1.807) is 41.3 Å². The van der Waals surface area contributed by atoms with Gasteiger partial charge in [0.15, 0.2) is 0 Å². The molecule has 0 spiro atoms. The molecule has 0 aromatic heterocycles. The highest BCUT2D eigenvalue weighted by Gasteiger charge is 2.24. The van der Waals surface area contributed by atoms with Gasteiger partial charge in [0.25, 0.3) is 5.91 Å². The SMILES string of the molecule is CC(=O)Oc1cccc(C(=O)N2CCC(CNC(=O)CCCOc3ccccc3Cl)CC2)c1. The Hall–Kier alpha value is -3.06. The molecule has 1 fully saturated rings. The molecule has 0 bridgehead atoms. The summed E-state index contributed by atoms with van der Waals surface area (Å²) in [5, 5.41) is 3.55.